The van der Waals surface area contributed by atoms with Gasteiger partial charge in [-0.2, -0.15) is 0 Å². The standard InChI is InChI=1S/C26H26N4O3/c1-17-8-6-10-19(14-17)27-26(32)29-24-25(31)30(2)23-13-5-4-12-21(23)22(28-24)16-18-9-7-11-20(15-18)33-3/h4-15,24H,16H2,1-3H3,(H2,27,29,32). The molecule has 3 amide bonds. The van der Waals surface area contributed by atoms with Crippen LogP contribution < -0.4 is 20.3 Å². The van der Waals surface area contributed by atoms with E-state index < -0.39 is 12.2 Å². The lowest BCUT2D eigenvalue weighted by Gasteiger charge is -2.21. The molecule has 1 aliphatic rings. The second kappa shape index (κ2) is 9.56. The van der Waals surface area contributed by atoms with Gasteiger partial charge in [-0.1, -0.05) is 42.5 Å². The van der Waals surface area contributed by atoms with Gasteiger partial charge in [-0.3, -0.25) is 9.79 Å². The predicted octanol–water partition coefficient (Wildman–Crippen LogP) is 4.16. The number of hydrogen-bond acceptors (Lipinski definition) is 4. The third-order valence-electron chi connectivity index (χ3n) is 5.48. The van der Waals surface area contributed by atoms with E-state index in [1.165, 1.54) is 4.90 Å². The molecule has 0 saturated heterocycles. The van der Waals surface area contributed by atoms with E-state index in [1.54, 1.807) is 20.2 Å². The first kappa shape index (κ1) is 22.1. The number of urea groups is 1. The summed E-state index contributed by atoms with van der Waals surface area (Å²) < 4.78 is 5.34. The summed E-state index contributed by atoms with van der Waals surface area (Å²) in [6, 6.07) is 22.3. The third kappa shape index (κ3) is 5.03. The number of para-hydroxylation sites is 1. The quantitative estimate of drug-likeness (QED) is 0.622. The van der Waals surface area contributed by atoms with Crippen molar-refractivity contribution in [2.24, 2.45) is 4.99 Å². The zero-order valence-electron chi connectivity index (χ0n) is 18.8. The van der Waals surface area contributed by atoms with Crippen LogP contribution in [0.25, 0.3) is 0 Å². The van der Waals surface area contributed by atoms with E-state index >= 15 is 0 Å². The number of methoxy groups -OCH3 is 1. The van der Waals surface area contributed by atoms with Crippen molar-refractivity contribution in [3.05, 3.63) is 89.5 Å². The van der Waals surface area contributed by atoms with E-state index in [2.05, 4.69) is 10.6 Å². The topological polar surface area (TPSA) is 83.0 Å². The first-order valence-electron chi connectivity index (χ1n) is 10.7. The second-order valence-corrected chi connectivity index (χ2v) is 7.89. The van der Waals surface area contributed by atoms with Gasteiger partial charge < -0.3 is 20.3 Å². The van der Waals surface area contributed by atoms with Crippen LogP contribution in [0.1, 0.15) is 16.7 Å². The molecule has 33 heavy (non-hydrogen) atoms. The number of aliphatic imine (C=N–C) groups is 1. The second-order valence-electron chi connectivity index (χ2n) is 7.89. The van der Waals surface area contributed by atoms with Crippen LogP contribution in [-0.2, 0) is 11.2 Å². The normalized spacial score (nSPS) is 15.2. The van der Waals surface area contributed by atoms with Crippen LogP contribution in [0.4, 0.5) is 16.2 Å². The predicted molar refractivity (Wildman–Crippen MR) is 130 cm³/mol. The number of amides is 3. The Kier molecular flexibility index (Phi) is 6.40. The number of carbonyl (C=O) groups excluding carboxylic acids is 2. The average Bonchev–Trinajstić information content (AvgIpc) is 2.90. The van der Waals surface area contributed by atoms with Crippen LogP contribution in [0.5, 0.6) is 5.75 Å². The molecule has 2 N–H and O–H groups in total. The highest BCUT2D eigenvalue weighted by molar-refractivity contribution is 6.13. The Hall–Kier alpha value is -4.13. The third-order valence-corrected chi connectivity index (χ3v) is 5.48. The van der Waals surface area contributed by atoms with Gasteiger partial charge in [-0.25, -0.2) is 4.79 Å². The van der Waals surface area contributed by atoms with Crippen molar-refractivity contribution in [2.75, 3.05) is 24.4 Å². The summed E-state index contributed by atoms with van der Waals surface area (Å²) in [5, 5.41) is 5.51. The Morgan fingerprint density at radius 3 is 2.64 bits per heavy atom. The number of fused-ring (bicyclic) bond motifs is 1. The lowest BCUT2D eigenvalue weighted by molar-refractivity contribution is -0.119. The van der Waals surface area contributed by atoms with Crippen molar-refractivity contribution in [2.45, 2.75) is 19.5 Å². The maximum absolute atomic E-state index is 13.2. The molecule has 1 unspecified atom stereocenters. The van der Waals surface area contributed by atoms with Crippen LogP contribution in [0.3, 0.4) is 0 Å². The Labute approximate surface area is 193 Å². The van der Waals surface area contributed by atoms with Gasteiger partial charge in [0.1, 0.15) is 5.75 Å². The number of rotatable bonds is 5. The smallest absolute Gasteiger partial charge is 0.321 e. The SMILES string of the molecule is COc1cccc(CC2=NC(NC(=O)Nc3cccc(C)c3)C(=O)N(C)c3ccccc32)c1. The van der Waals surface area contributed by atoms with Gasteiger partial charge in [-0.05, 0) is 48.4 Å². The van der Waals surface area contributed by atoms with Gasteiger partial charge in [0.25, 0.3) is 5.91 Å². The maximum Gasteiger partial charge on any atom is 0.321 e. The molecule has 0 saturated carbocycles. The number of ether oxygens (including phenoxy) is 1. The first-order chi connectivity index (χ1) is 15.9. The van der Waals surface area contributed by atoms with Crippen molar-refractivity contribution in [1.82, 2.24) is 5.32 Å². The minimum atomic E-state index is -1.06. The minimum absolute atomic E-state index is 0.317. The van der Waals surface area contributed by atoms with Crippen molar-refractivity contribution < 1.29 is 14.3 Å². The fourth-order valence-corrected chi connectivity index (χ4v) is 3.82. The summed E-state index contributed by atoms with van der Waals surface area (Å²) in [6.07, 6.45) is -0.583. The lowest BCUT2D eigenvalue weighted by Crippen LogP contribution is -2.47. The van der Waals surface area contributed by atoms with Gasteiger partial charge in [-0.15, -0.1) is 0 Å². The van der Waals surface area contributed by atoms with Crippen LogP contribution in [0.2, 0.25) is 0 Å². The molecule has 1 aliphatic heterocycles. The molecule has 4 rings (SSSR count). The molecule has 168 valence electrons. The number of nitrogens with zero attached hydrogens (tertiary/aromatic N) is 2. The number of carbonyl (C=O) groups is 2. The fraction of sp³-hybridized carbons (Fsp3) is 0.192. The number of anilines is 2. The minimum Gasteiger partial charge on any atom is -0.497 e. The molecule has 7 nitrogen and oxygen atoms in total. The molecule has 1 atom stereocenters. The van der Waals surface area contributed by atoms with Crippen LogP contribution in [0.15, 0.2) is 77.8 Å². The largest absolute Gasteiger partial charge is 0.497 e. The van der Waals surface area contributed by atoms with Crippen molar-refractivity contribution >= 4 is 29.0 Å². The number of benzene rings is 3. The number of aryl methyl sites for hydroxylation is 1. The number of nitrogens with one attached hydrogen (secondary N) is 2. The number of benzodiazepines with no additional fused rings is 1. The molecule has 3 aromatic rings. The summed E-state index contributed by atoms with van der Waals surface area (Å²) in [4.78, 5) is 32.2. The molecule has 1 heterocycles. The van der Waals surface area contributed by atoms with Gasteiger partial charge in [0.2, 0.25) is 6.17 Å². The molecule has 7 heteroatoms. The van der Waals surface area contributed by atoms with E-state index in [0.717, 1.165) is 28.1 Å². The Bertz CT molecular complexity index is 1220. The zero-order valence-corrected chi connectivity index (χ0v) is 18.8. The molecule has 0 aliphatic carbocycles. The van der Waals surface area contributed by atoms with Gasteiger partial charge >= 0.3 is 6.03 Å². The monoisotopic (exact) mass is 442 g/mol. The fourth-order valence-electron chi connectivity index (χ4n) is 3.82. The summed E-state index contributed by atoms with van der Waals surface area (Å²) in [7, 11) is 3.32. The maximum atomic E-state index is 13.2. The van der Waals surface area contributed by atoms with E-state index in [-0.39, 0.29) is 5.91 Å². The van der Waals surface area contributed by atoms with E-state index in [4.69, 9.17) is 9.73 Å². The van der Waals surface area contributed by atoms with Gasteiger partial charge in [0.15, 0.2) is 0 Å². The highest BCUT2D eigenvalue weighted by atomic mass is 16.5. The average molecular weight is 443 g/mol. The van der Waals surface area contributed by atoms with E-state index in [0.29, 0.717) is 17.8 Å². The van der Waals surface area contributed by atoms with Crippen LogP contribution in [0, 0.1) is 6.92 Å². The summed E-state index contributed by atoms with van der Waals surface area (Å²) >= 11 is 0. The molecule has 0 spiro atoms. The Morgan fingerprint density at radius 2 is 1.85 bits per heavy atom. The Balaban J connectivity index is 1.65. The highest BCUT2D eigenvalue weighted by Gasteiger charge is 2.30. The molecule has 0 fully saturated rings. The molecular weight excluding hydrogens is 416 g/mol. The molecule has 0 aromatic heterocycles. The number of hydrogen-bond donors (Lipinski definition) is 2. The van der Waals surface area contributed by atoms with Crippen molar-refractivity contribution in [3.8, 4) is 5.75 Å². The van der Waals surface area contributed by atoms with Crippen molar-refractivity contribution in [1.29, 1.82) is 0 Å². The van der Waals surface area contributed by atoms with Crippen molar-refractivity contribution in [3.63, 3.8) is 0 Å². The van der Waals surface area contributed by atoms with E-state index in [9.17, 15) is 9.59 Å². The van der Waals surface area contributed by atoms with E-state index in [1.807, 2.05) is 73.7 Å². The lowest BCUT2D eigenvalue weighted by atomic mass is 10.00. The number of likely N-dealkylation sites (N-methyl/N-ethyl adjacent to an activating group) is 1. The molecule has 0 bridgehead atoms. The molecule has 0 radical (unpaired) electrons. The molecule has 3 aromatic carbocycles. The summed E-state index contributed by atoms with van der Waals surface area (Å²) in [6.45, 7) is 1.94. The summed E-state index contributed by atoms with van der Waals surface area (Å²) in [5.41, 5.74) is 4.95. The van der Waals surface area contributed by atoms with Gasteiger partial charge in [0, 0.05) is 24.7 Å². The Morgan fingerprint density at radius 1 is 1.06 bits per heavy atom. The molecular formula is C26H26N4O3. The zero-order chi connectivity index (χ0) is 23.4. The summed E-state index contributed by atoms with van der Waals surface area (Å²) in [5.74, 6) is 0.429. The van der Waals surface area contributed by atoms with Crippen LogP contribution in [-0.4, -0.2) is 38.0 Å². The van der Waals surface area contributed by atoms with Crippen LogP contribution >= 0.6 is 0 Å². The first-order valence-corrected chi connectivity index (χ1v) is 10.7. The van der Waals surface area contributed by atoms with Gasteiger partial charge in [0.05, 0.1) is 18.5 Å². The highest BCUT2D eigenvalue weighted by Crippen LogP contribution is 2.26.